The van der Waals surface area contributed by atoms with Crippen LogP contribution >= 0.6 is 0 Å². The summed E-state index contributed by atoms with van der Waals surface area (Å²) in [6.45, 7) is 12.2. The maximum absolute atomic E-state index is 13.1. The molecule has 49 heavy (non-hydrogen) atoms. The van der Waals surface area contributed by atoms with E-state index in [1.165, 1.54) is 0 Å². The minimum absolute atomic E-state index is 0.0533. The number of Topliss-reactive ketones (excluding diaryl/α,β-unsaturated/α-hetero) is 2. The third-order valence-corrected chi connectivity index (χ3v) is 8.32. The fraction of sp³-hybridized carbons (Fsp3) is 0.190. The molecular weight excluding hydrogens is 608 g/mol. The number of nitrogens with zero attached hydrogens (tertiary/aromatic N) is 4. The summed E-state index contributed by atoms with van der Waals surface area (Å²) in [4.78, 5) is 26.1. The molecule has 244 valence electrons. The Morgan fingerprint density at radius 3 is 1.18 bits per heavy atom. The Morgan fingerprint density at radius 2 is 0.837 bits per heavy atom. The highest BCUT2D eigenvalue weighted by Gasteiger charge is 2.31. The number of benzene rings is 4. The van der Waals surface area contributed by atoms with Crippen LogP contribution in [0.4, 0.5) is 11.4 Å². The molecule has 0 saturated carbocycles. The van der Waals surface area contributed by atoms with Gasteiger partial charge in [-0.15, -0.1) is 0 Å². The topological polar surface area (TPSA) is 92.8 Å². The van der Waals surface area contributed by atoms with Crippen LogP contribution in [-0.2, 0) is 0 Å². The number of carbonyl (C=O) groups excluding carboxylic acids is 2. The Bertz CT molecular complexity index is 1960. The zero-order chi connectivity index (χ0) is 34.8. The molecule has 0 N–H and O–H groups in total. The van der Waals surface area contributed by atoms with E-state index >= 15 is 0 Å². The first-order valence-corrected chi connectivity index (χ1v) is 16.2. The van der Waals surface area contributed by atoms with E-state index in [2.05, 4.69) is 20.5 Å². The number of allylic oxidation sites excluding steroid dienone is 6. The number of carbonyl (C=O) groups is 2. The fourth-order valence-corrected chi connectivity index (χ4v) is 5.69. The SMILES string of the molecule is CC(C)(C)C1=CC(=CN=Nc2ccc(Oc3ccc(N=NC=C4C=C(C(C)(C)C)C(=O)c5ccccc54)cc3)cc2)c2ccccc2C1=O. The highest BCUT2D eigenvalue weighted by atomic mass is 16.5. The van der Waals surface area contributed by atoms with E-state index < -0.39 is 0 Å². The van der Waals surface area contributed by atoms with Gasteiger partial charge in [0.1, 0.15) is 11.5 Å². The molecule has 0 unspecified atom stereocenters. The lowest BCUT2D eigenvalue weighted by atomic mass is 9.76. The first kappa shape index (κ1) is 33.1. The molecule has 0 heterocycles. The van der Waals surface area contributed by atoms with Crippen molar-refractivity contribution in [3.05, 3.63) is 155 Å². The van der Waals surface area contributed by atoms with E-state index in [4.69, 9.17) is 4.74 Å². The Hall–Kier alpha value is -5.82. The van der Waals surface area contributed by atoms with Gasteiger partial charge in [0.2, 0.25) is 0 Å². The molecule has 4 aromatic carbocycles. The van der Waals surface area contributed by atoms with Gasteiger partial charge < -0.3 is 4.74 Å². The molecule has 0 aromatic heterocycles. The molecule has 0 fully saturated rings. The van der Waals surface area contributed by atoms with E-state index in [1.807, 2.05) is 151 Å². The van der Waals surface area contributed by atoms with Gasteiger partial charge in [0.05, 0.1) is 23.8 Å². The van der Waals surface area contributed by atoms with Crippen molar-refractivity contribution in [1.29, 1.82) is 0 Å². The Morgan fingerprint density at radius 1 is 0.490 bits per heavy atom. The van der Waals surface area contributed by atoms with Gasteiger partial charge in [-0.1, -0.05) is 90.1 Å². The molecular formula is C42H38N4O3. The minimum Gasteiger partial charge on any atom is -0.457 e. The van der Waals surface area contributed by atoms with Crippen LogP contribution in [0, 0.1) is 10.8 Å². The Balaban J connectivity index is 1.11. The van der Waals surface area contributed by atoms with E-state index in [0.717, 1.165) is 33.4 Å². The van der Waals surface area contributed by atoms with Gasteiger partial charge in [0.15, 0.2) is 11.6 Å². The molecule has 0 bridgehead atoms. The minimum atomic E-state index is -0.293. The Kier molecular flexibility index (Phi) is 9.02. The van der Waals surface area contributed by atoms with Crippen LogP contribution < -0.4 is 4.74 Å². The van der Waals surface area contributed by atoms with Gasteiger partial charge >= 0.3 is 0 Å². The van der Waals surface area contributed by atoms with Crippen molar-refractivity contribution in [1.82, 2.24) is 0 Å². The molecule has 7 heteroatoms. The van der Waals surface area contributed by atoms with E-state index in [0.29, 0.717) is 34.0 Å². The molecule has 2 aliphatic rings. The standard InChI is InChI=1S/C42H38N4O3/c1-41(2,3)37-23-27(33-11-7-9-13-35(33)39(37)47)25-43-45-29-15-19-31(20-16-29)49-32-21-17-30(18-22-32)46-44-26-28-24-38(42(4,5)6)40(48)36-14-10-8-12-34(28)36/h7-26H,1-6H3. The van der Waals surface area contributed by atoms with Crippen molar-refractivity contribution in [3.63, 3.8) is 0 Å². The van der Waals surface area contributed by atoms with Crippen molar-refractivity contribution in [3.8, 4) is 11.5 Å². The molecule has 0 radical (unpaired) electrons. The second-order valence-electron chi connectivity index (χ2n) is 14.1. The number of azo groups is 2. The first-order chi connectivity index (χ1) is 23.4. The zero-order valence-corrected chi connectivity index (χ0v) is 28.6. The quantitative estimate of drug-likeness (QED) is 0.195. The summed E-state index contributed by atoms with van der Waals surface area (Å²) in [7, 11) is 0. The predicted molar refractivity (Wildman–Crippen MR) is 195 cm³/mol. The number of hydrogen-bond donors (Lipinski definition) is 0. The second-order valence-corrected chi connectivity index (χ2v) is 14.1. The predicted octanol–water partition coefficient (Wildman–Crippen LogP) is 12.1. The summed E-state index contributed by atoms with van der Waals surface area (Å²) in [5, 5.41) is 17.4. The van der Waals surface area contributed by atoms with Gasteiger partial charge in [-0.05, 0) is 82.6 Å². The average Bonchev–Trinajstić information content (AvgIpc) is 3.07. The first-order valence-electron chi connectivity index (χ1n) is 16.2. The smallest absolute Gasteiger partial charge is 0.190 e. The van der Waals surface area contributed by atoms with Crippen LogP contribution in [0.2, 0.25) is 0 Å². The summed E-state index contributed by atoms with van der Waals surface area (Å²) < 4.78 is 6.03. The monoisotopic (exact) mass is 646 g/mol. The second kappa shape index (κ2) is 13.4. The normalized spacial score (nSPS) is 16.6. The van der Waals surface area contributed by atoms with Crippen LogP contribution in [0.5, 0.6) is 11.5 Å². The van der Waals surface area contributed by atoms with Crippen molar-refractivity contribution in [2.45, 2.75) is 41.5 Å². The maximum Gasteiger partial charge on any atom is 0.190 e. The van der Waals surface area contributed by atoms with Gasteiger partial charge in [-0.2, -0.15) is 20.5 Å². The molecule has 2 aliphatic carbocycles. The Labute approximate surface area is 287 Å². The summed E-state index contributed by atoms with van der Waals surface area (Å²) in [5.74, 6) is 1.41. The van der Waals surface area contributed by atoms with Crippen LogP contribution in [-0.4, -0.2) is 11.6 Å². The van der Waals surface area contributed by atoms with Crippen LogP contribution in [0.1, 0.15) is 73.4 Å². The van der Waals surface area contributed by atoms with Crippen LogP contribution in [0.15, 0.2) is 153 Å². The van der Waals surface area contributed by atoms with E-state index in [1.54, 1.807) is 12.4 Å². The van der Waals surface area contributed by atoms with Crippen molar-refractivity contribution in [2.24, 2.45) is 31.3 Å². The zero-order valence-electron chi connectivity index (χ0n) is 28.6. The number of ether oxygens (including phenoxy) is 1. The highest BCUT2D eigenvalue weighted by molar-refractivity contribution is 6.17. The lowest BCUT2D eigenvalue weighted by molar-refractivity contribution is 0.1000. The molecule has 0 atom stereocenters. The number of ketones is 2. The molecule has 0 saturated heterocycles. The molecule has 7 nitrogen and oxygen atoms in total. The highest BCUT2D eigenvalue weighted by Crippen LogP contribution is 2.39. The number of fused-ring (bicyclic) bond motifs is 2. The number of hydrogen-bond acceptors (Lipinski definition) is 7. The molecule has 6 rings (SSSR count). The van der Waals surface area contributed by atoms with Gasteiger partial charge in [0.25, 0.3) is 0 Å². The summed E-state index contributed by atoms with van der Waals surface area (Å²) in [6.07, 6.45) is 7.24. The number of rotatable bonds is 6. The average molecular weight is 647 g/mol. The van der Waals surface area contributed by atoms with Gasteiger partial charge in [0, 0.05) is 33.4 Å². The van der Waals surface area contributed by atoms with Crippen LogP contribution in [0.3, 0.4) is 0 Å². The molecule has 0 aliphatic heterocycles. The maximum atomic E-state index is 13.1. The molecule has 4 aromatic rings. The van der Waals surface area contributed by atoms with E-state index in [9.17, 15) is 9.59 Å². The summed E-state index contributed by atoms with van der Waals surface area (Å²) >= 11 is 0. The van der Waals surface area contributed by atoms with Crippen molar-refractivity contribution in [2.75, 3.05) is 0 Å². The lowest BCUT2D eigenvalue weighted by Crippen LogP contribution is -2.22. The van der Waals surface area contributed by atoms with Crippen molar-refractivity contribution >= 4 is 34.1 Å². The third-order valence-electron chi connectivity index (χ3n) is 8.32. The van der Waals surface area contributed by atoms with Crippen LogP contribution in [0.25, 0.3) is 11.1 Å². The van der Waals surface area contributed by atoms with Gasteiger partial charge in [-0.25, -0.2) is 0 Å². The molecule has 0 amide bonds. The summed E-state index contributed by atoms with van der Waals surface area (Å²) in [6, 6.07) is 29.9. The van der Waals surface area contributed by atoms with Crippen molar-refractivity contribution < 1.29 is 14.3 Å². The largest absolute Gasteiger partial charge is 0.457 e. The third kappa shape index (κ3) is 7.36. The van der Waals surface area contributed by atoms with E-state index in [-0.39, 0.29) is 22.4 Å². The fourth-order valence-electron chi connectivity index (χ4n) is 5.69. The summed E-state index contributed by atoms with van der Waals surface area (Å²) in [5.41, 5.74) is 7.03. The molecule has 0 spiro atoms. The van der Waals surface area contributed by atoms with Gasteiger partial charge in [-0.3, -0.25) is 9.59 Å². The lowest BCUT2D eigenvalue weighted by Gasteiger charge is -2.27.